The molecule has 13 nitrogen and oxygen atoms in total. The Balaban J connectivity index is 5.45. The zero-order chi connectivity index (χ0) is 27.0. The molecule has 0 aliphatic rings. The quantitative estimate of drug-likeness (QED) is 0.0421. The predicted octanol–water partition coefficient (Wildman–Crippen LogP) is -1.99. The lowest BCUT2D eigenvalue weighted by atomic mass is 10.0. The highest BCUT2D eigenvalue weighted by Crippen LogP contribution is 2.08. The summed E-state index contributed by atoms with van der Waals surface area (Å²) in [7, 11) is 0. The van der Waals surface area contributed by atoms with Crippen LogP contribution in [-0.4, -0.2) is 77.8 Å². The van der Waals surface area contributed by atoms with Crippen molar-refractivity contribution in [1.29, 1.82) is 0 Å². The summed E-state index contributed by atoms with van der Waals surface area (Å²) >= 11 is 3.94. The number of rotatable bonds is 18. The maximum absolute atomic E-state index is 13.1. The summed E-state index contributed by atoms with van der Waals surface area (Å²) in [5, 5.41) is 16.9. The Kier molecular flexibility index (Phi) is 16.5. The number of hydrogen-bond donors (Lipinski definition) is 9. The van der Waals surface area contributed by atoms with Crippen LogP contribution < -0.4 is 38.9 Å². The summed E-state index contributed by atoms with van der Waals surface area (Å²) in [5.41, 5.74) is 22.0. The average Bonchev–Trinajstić information content (AvgIpc) is 2.77. The topological polar surface area (TPSA) is 241 Å². The molecule has 0 spiro atoms. The molecule has 0 aliphatic heterocycles. The highest BCUT2D eigenvalue weighted by atomic mass is 32.1. The van der Waals surface area contributed by atoms with E-state index in [1.807, 2.05) is 13.8 Å². The van der Waals surface area contributed by atoms with Crippen LogP contribution in [0.3, 0.4) is 0 Å². The van der Waals surface area contributed by atoms with Crippen molar-refractivity contribution in [2.45, 2.75) is 76.5 Å². The molecule has 14 heteroatoms. The van der Waals surface area contributed by atoms with Crippen LogP contribution in [0.2, 0.25) is 0 Å². The number of hydrogen-bond acceptors (Lipinski definition) is 8. The average molecular weight is 519 g/mol. The number of carbonyl (C=O) groups is 4. The van der Waals surface area contributed by atoms with Gasteiger partial charge in [0.25, 0.3) is 0 Å². The van der Waals surface area contributed by atoms with Crippen molar-refractivity contribution < 1.29 is 24.3 Å². The van der Waals surface area contributed by atoms with Gasteiger partial charge in [-0.2, -0.15) is 12.6 Å². The smallest absolute Gasteiger partial charge is 0.327 e. The van der Waals surface area contributed by atoms with E-state index < -0.39 is 47.9 Å². The second-order valence-corrected chi connectivity index (χ2v) is 9.04. The Hall–Kier alpha value is -2.58. The predicted molar refractivity (Wildman–Crippen MR) is 138 cm³/mol. The fourth-order valence-corrected chi connectivity index (χ4v) is 3.37. The third kappa shape index (κ3) is 14.4. The fraction of sp³-hybridized carbons (Fsp3) is 0.762. The molecule has 0 aromatic heterocycles. The molecule has 0 aromatic rings. The molecule has 4 unspecified atom stereocenters. The molecule has 0 aliphatic carbocycles. The van der Waals surface area contributed by atoms with Crippen LogP contribution in [0.25, 0.3) is 0 Å². The van der Waals surface area contributed by atoms with Crippen molar-refractivity contribution in [2.24, 2.45) is 33.8 Å². The molecule has 0 saturated heterocycles. The highest BCUT2D eigenvalue weighted by molar-refractivity contribution is 7.80. The number of amides is 3. The highest BCUT2D eigenvalue weighted by Gasteiger charge is 2.30. The number of thiol groups is 1. The normalized spacial score (nSPS) is 14.3. The van der Waals surface area contributed by atoms with E-state index in [4.69, 9.17) is 22.9 Å². The number of carbonyl (C=O) groups excluding carboxylic acids is 3. The van der Waals surface area contributed by atoms with Gasteiger partial charge in [0.2, 0.25) is 17.7 Å². The van der Waals surface area contributed by atoms with Crippen molar-refractivity contribution in [1.82, 2.24) is 16.0 Å². The van der Waals surface area contributed by atoms with Gasteiger partial charge in [-0.1, -0.05) is 20.3 Å². The zero-order valence-corrected chi connectivity index (χ0v) is 21.4. The molecule has 202 valence electrons. The lowest BCUT2D eigenvalue weighted by Gasteiger charge is -2.26. The molecule has 3 amide bonds. The fourth-order valence-electron chi connectivity index (χ4n) is 3.12. The minimum absolute atomic E-state index is 0.0502. The Morgan fingerprint density at radius 3 is 1.97 bits per heavy atom. The zero-order valence-electron chi connectivity index (χ0n) is 20.5. The van der Waals surface area contributed by atoms with Crippen LogP contribution in [0, 0.1) is 5.92 Å². The maximum Gasteiger partial charge on any atom is 0.327 e. The molecule has 0 radical (unpaired) electrons. The molecule has 0 bridgehead atoms. The van der Waals surface area contributed by atoms with E-state index >= 15 is 0 Å². The Morgan fingerprint density at radius 2 is 1.46 bits per heavy atom. The second kappa shape index (κ2) is 17.8. The molecule has 0 heterocycles. The number of unbranched alkanes of at least 4 members (excludes halogenated alkanes) is 1. The standard InChI is InChI=1S/C21H42N8O5S/c1-12(2)10-15(28-17(30)13(23)6-3-4-8-22)19(32)27-14(7-5-9-26-21(24)25)18(31)29-16(11-35)20(33)34/h12-16,35H,3-11,22-23H2,1-2H3,(H,27,32)(H,28,30)(H,29,31)(H,33,34)(H4,24,25,26). The Bertz CT molecular complexity index is 718. The summed E-state index contributed by atoms with van der Waals surface area (Å²) in [6, 6.07) is -4.05. The lowest BCUT2D eigenvalue weighted by Crippen LogP contribution is -2.57. The number of aliphatic carboxylic acids is 1. The van der Waals surface area contributed by atoms with E-state index in [1.165, 1.54) is 0 Å². The lowest BCUT2D eigenvalue weighted by molar-refractivity contribution is -0.141. The first-order chi connectivity index (χ1) is 16.4. The summed E-state index contributed by atoms with van der Waals surface area (Å²) in [6.45, 7) is 4.48. The van der Waals surface area contributed by atoms with E-state index in [9.17, 15) is 24.3 Å². The van der Waals surface area contributed by atoms with Crippen LogP contribution >= 0.6 is 12.6 Å². The van der Waals surface area contributed by atoms with E-state index in [0.717, 1.165) is 6.42 Å². The maximum atomic E-state index is 13.1. The Labute approximate surface area is 212 Å². The summed E-state index contributed by atoms with van der Waals surface area (Å²) in [5.74, 6) is -3.21. The van der Waals surface area contributed by atoms with Crippen molar-refractivity contribution in [2.75, 3.05) is 18.8 Å². The summed E-state index contributed by atoms with van der Waals surface area (Å²) in [6.07, 6.45) is 2.62. The van der Waals surface area contributed by atoms with Crippen molar-refractivity contribution >= 4 is 42.3 Å². The van der Waals surface area contributed by atoms with E-state index in [-0.39, 0.29) is 30.6 Å². The van der Waals surface area contributed by atoms with Gasteiger partial charge in [0.15, 0.2) is 5.96 Å². The van der Waals surface area contributed by atoms with Crippen LogP contribution in [0.4, 0.5) is 0 Å². The number of carboxylic acid groups (broad SMARTS) is 1. The molecule has 35 heavy (non-hydrogen) atoms. The first-order valence-electron chi connectivity index (χ1n) is 11.7. The van der Waals surface area contributed by atoms with Crippen molar-refractivity contribution in [3.63, 3.8) is 0 Å². The number of nitrogens with two attached hydrogens (primary N) is 4. The SMILES string of the molecule is CC(C)CC(NC(=O)C(N)CCCCN)C(=O)NC(CCCN=C(N)N)C(=O)NC(CS)C(=O)O. The largest absolute Gasteiger partial charge is 0.480 e. The van der Waals surface area contributed by atoms with Gasteiger partial charge in [-0.3, -0.25) is 19.4 Å². The minimum atomic E-state index is -1.26. The van der Waals surface area contributed by atoms with Crippen molar-refractivity contribution in [3.8, 4) is 0 Å². The molecule has 4 atom stereocenters. The van der Waals surface area contributed by atoms with Gasteiger partial charge in [0.05, 0.1) is 6.04 Å². The van der Waals surface area contributed by atoms with E-state index in [1.54, 1.807) is 0 Å². The van der Waals surface area contributed by atoms with Crippen LogP contribution in [0.15, 0.2) is 4.99 Å². The molecule has 0 fully saturated rings. The Morgan fingerprint density at radius 1 is 0.886 bits per heavy atom. The number of nitrogens with one attached hydrogen (secondary N) is 3. The molecule has 0 saturated carbocycles. The number of carboxylic acids is 1. The molecule has 0 rings (SSSR count). The third-order valence-corrected chi connectivity index (χ3v) is 5.39. The minimum Gasteiger partial charge on any atom is -0.480 e. The van der Waals surface area contributed by atoms with Gasteiger partial charge in [0.1, 0.15) is 18.1 Å². The van der Waals surface area contributed by atoms with Gasteiger partial charge in [-0.05, 0) is 44.6 Å². The first kappa shape index (κ1) is 32.4. The molecular weight excluding hydrogens is 476 g/mol. The van der Waals surface area contributed by atoms with Crippen LogP contribution in [0.5, 0.6) is 0 Å². The van der Waals surface area contributed by atoms with E-state index in [2.05, 4.69) is 33.6 Å². The third-order valence-electron chi connectivity index (χ3n) is 5.02. The summed E-state index contributed by atoms with van der Waals surface area (Å²) in [4.78, 5) is 53.5. The first-order valence-corrected chi connectivity index (χ1v) is 12.3. The van der Waals surface area contributed by atoms with Crippen LogP contribution in [-0.2, 0) is 19.2 Å². The van der Waals surface area contributed by atoms with Gasteiger partial charge >= 0.3 is 5.97 Å². The molecular formula is C21H42N8O5S. The second-order valence-electron chi connectivity index (χ2n) is 8.67. The number of nitrogens with zero attached hydrogens (tertiary/aromatic N) is 1. The van der Waals surface area contributed by atoms with Crippen LogP contribution in [0.1, 0.15) is 52.4 Å². The van der Waals surface area contributed by atoms with Gasteiger partial charge < -0.3 is 44.0 Å². The molecule has 12 N–H and O–H groups in total. The molecule has 0 aromatic carbocycles. The van der Waals surface area contributed by atoms with Gasteiger partial charge in [-0.25, -0.2) is 4.79 Å². The van der Waals surface area contributed by atoms with Gasteiger partial charge in [-0.15, -0.1) is 0 Å². The number of guanidine groups is 1. The summed E-state index contributed by atoms with van der Waals surface area (Å²) < 4.78 is 0. The number of aliphatic imine (C=N–C) groups is 1. The van der Waals surface area contributed by atoms with Crippen molar-refractivity contribution in [3.05, 3.63) is 0 Å². The van der Waals surface area contributed by atoms with E-state index in [0.29, 0.717) is 32.2 Å². The monoisotopic (exact) mass is 518 g/mol. The van der Waals surface area contributed by atoms with Gasteiger partial charge in [0, 0.05) is 12.3 Å².